The Kier molecular flexibility index (Phi) is 6.21. The summed E-state index contributed by atoms with van der Waals surface area (Å²) in [4.78, 5) is 0. The molecule has 12 heavy (non-hydrogen) atoms. The molecular formula is C5H12O6S. The normalized spacial score (nSPS) is 11.8. The minimum absolute atomic E-state index is 0.226. The van der Waals surface area contributed by atoms with Crippen molar-refractivity contribution in [2.45, 2.75) is 6.92 Å². The molecule has 1 N–H and O–H groups in total. The smallest absolute Gasteiger partial charge is 0.379 e. The molecule has 0 aliphatic rings. The summed E-state index contributed by atoms with van der Waals surface area (Å²) in [5.74, 6) is 0. The molecule has 0 bridgehead atoms. The average molecular weight is 200 g/mol. The standard InChI is InChI=1S/C5H12O6S/c1-2-9-3-4-10-5-11-12(6,7)8/h2-5H2,1H3,(H,6,7,8). The molecule has 0 radical (unpaired) electrons. The zero-order valence-corrected chi connectivity index (χ0v) is 7.54. The first-order valence-corrected chi connectivity index (χ1v) is 4.70. The second-order valence-corrected chi connectivity index (χ2v) is 2.86. The van der Waals surface area contributed by atoms with Crippen molar-refractivity contribution < 1.29 is 26.6 Å². The fourth-order valence-electron chi connectivity index (χ4n) is 0.416. The van der Waals surface area contributed by atoms with Gasteiger partial charge in [-0.25, -0.2) is 4.18 Å². The van der Waals surface area contributed by atoms with Crippen LogP contribution in [-0.2, 0) is 24.1 Å². The minimum Gasteiger partial charge on any atom is -0.379 e. The lowest BCUT2D eigenvalue weighted by molar-refractivity contribution is -0.0164. The molecule has 0 unspecified atom stereocenters. The second kappa shape index (κ2) is 6.32. The van der Waals surface area contributed by atoms with E-state index in [2.05, 4.69) is 8.92 Å². The minimum atomic E-state index is -4.38. The predicted octanol–water partition coefficient (Wildman–Crippen LogP) is -0.184. The van der Waals surface area contributed by atoms with Gasteiger partial charge in [0.15, 0.2) is 6.79 Å². The summed E-state index contributed by atoms with van der Waals surface area (Å²) in [6.45, 7) is 2.50. The van der Waals surface area contributed by atoms with E-state index >= 15 is 0 Å². The van der Waals surface area contributed by atoms with E-state index in [4.69, 9.17) is 9.29 Å². The van der Waals surface area contributed by atoms with Crippen LogP contribution in [0, 0.1) is 0 Å². The van der Waals surface area contributed by atoms with Crippen LogP contribution in [0.25, 0.3) is 0 Å². The van der Waals surface area contributed by atoms with Gasteiger partial charge < -0.3 is 9.47 Å². The number of ether oxygens (including phenoxy) is 2. The molecular weight excluding hydrogens is 188 g/mol. The van der Waals surface area contributed by atoms with Crippen molar-refractivity contribution in [2.24, 2.45) is 0 Å². The van der Waals surface area contributed by atoms with Gasteiger partial charge in [-0.15, -0.1) is 0 Å². The van der Waals surface area contributed by atoms with Gasteiger partial charge in [-0.3, -0.25) is 4.55 Å². The fourth-order valence-corrected chi connectivity index (χ4v) is 0.606. The summed E-state index contributed by atoms with van der Waals surface area (Å²) in [5.41, 5.74) is 0. The van der Waals surface area contributed by atoms with Crippen molar-refractivity contribution in [1.82, 2.24) is 0 Å². The molecule has 0 heterocycles. The molecule has 0 aromatic heterocycles. The van der Waals surface area contributed by atoms with Crippen molar-refractivity contribution in [2.75, 3.05) is 26.6 Å². The number of rotatable bonds is 7. The Morgan fingerprint density at radius 3 is 2.33 bits per heavy atom. The van der Waals surface area contributed by atoms with Gasteiger partial charge in [-0.05, 0) is 6.92 Å². The van der Waals surface area contributed by atoms with E-state index in [1.165, 1.54) is 0 Å². The van der Waals surface area contributed by atoms with Gasteiger partial charge in [-0.1, -0.05) is 0 Å². The molecule has 0 aliphatic heterocycles. The topological polar surface area (TPSA) is 82.1 Å². The Labute approximate surface area is 71.4 Å². The summed E-state index contributed by atoms with van der Waals surface area (Å²) in [6, 6.07) is 0. The van der Waals surface area contributed by atoms with Crippen LogP contribution in [0.3, 0.4) is 0 Å². The van der Waals surface area contributed by atoms with Crippen molar-refractivity contribution in [3.05, 3.63) is 0 Å². The fraction of sp³-hybridized carbons (Fsp3) is 1.00. The summed E-state index contributed by atoms with van der Waals surface area (Å²) >= 11 is 0. The highest BCUT2D eigenvalue weighted by atomic mass is 32.3. The Morgan fingerprint density at radius 2 is 1.83 bits per heavy atom. The number of hydrogen-bond acceptors (Lipinski definition) is 5. The molecule has 7 heteroatoms. The summed E-state index contributed by atoms with van der Waals surface area (Å²) in [7, 11) is -4.38. The predicted molar refractivity (Wildman–Crippen MR) is 39.9 cm³/mol. The zero-order chi connectivity index (χ0) is 9.45. The van der Waals surface area contributed by atoms with E-state index in [9.17, 15) is 8.42 Å². The third-order valence-electron chi connectivity index (χ3n) is 0.857. The average Bonchev–Trinajstić information content (AvgIpc) is 1.94. The van der Waals surface area contributed by atoms with Gasteiger partial charge in [0.2, 0.25) is 0 Å². The molecule has 0 atom stereocenters. The van der Waals surface area contributed by atoms with E-state index in [0.717, 1.165) is 0 Å². The first-order chi connectivity index (χ1) is 5.56. The van der Waals surface area contributed by atoms with Crippen LogP contribution in [0.4, 0.5) is 0 Å². The Hall–Kier alpha value is -0.210. The maximum Gasteiger partial charge on any atom is 0.399 e. The van der Waals surface area contributed by atoms with Crippen molar-refractivity contribution in [3.63, 3.8) is 0 Å². The Balaban J connectivity index is 3.12. The maximum atomic E-state index is 9.94. The van der Waals surface area contributed by atoms with E-state index in [0.29, 0.717) is 13.2 Å². The molecule has 74 valence electrons. The molecule has 0 amide bonds. The van der Waals surface area contributed by atoms with Crippen LogP contribution in [0.2, 0.25) is 0 Å². The highest BCUT2D eigenvalue weighted by Gasteiger charge is 2.02. The molecule has 0 saturated carbocycles. The summed E-state index contributed by atoms with van der Waals surface area (Å²) in [5, 5.41) is 0. The quantitative estimate of drug-likeness (QED) is 0.348. The van der Waals surface area contributed by atoms with Crippen molar-refractivity contribution in [1.29, 1.82) is 0 Å². The second-order valence-electron chi connectivity index (χ2n) is 1.77. The van der Waals surface area contributed by atoms with Crippen LogP contribution in [0.1, 0.15) is 6.92 Å². The van der Waals surface area contributed by atoms with Crippen LogP contribution < -0.4 is 0 Å². The van der Waals surface area contributed by atoms with Crippen LogP contribution >= 0.6 is 0 Å². The van der Waals surface area contributed by atoms with Gasteiger partial charge in [-0.2, -0.15) is 8.42 Å². The monoisotopic (exact) mass is 200 g/mol. The summed E-state index contributed by atoms with van der Waals surface area (Å²) < 4.78 is 41.3. The Morgan fingerprint density at radius 1 is 1.25 bits per heavy atom. The lowest BCUT2D eigenvalue weighted by Crippen LogP contribution is -2.10. The molecule has 0 fully saturated rings. The number of hydrogen-bond donors (Lipinski definition) is 1. The SMILES string of the molecule is CCOCCOCOS(=O)(=O)O. The maximum absolute atomic E-state index is 9.94. The van der Waals surface area contributed by atoms with Gasteiger partial charge >= 0.3 is 10.4 Å². The molecule has 0 aliphatic carbocycles. The van der Waals surface area contributed by atoms with Crippen LogP contribution in [0.5, 0.6) is 0 Å². The van der Waals surface area contributed by atoms with Gasteiger partial charge in [0.25, 0.3) is 0 Å². The first kappa shape index (κ1) is 11.8. The third-order valence-corrected chi connectivity index (χ3v) is 1.25. The van der Waals surface area contributed by atoms with E-state index in [1.54, 1.807) is 0 Å². The first-order valence-electron chi connectivity index (χ1n) is 3.33. The van der Waals surface area contributed by atoms with Crippen molar-refractivity contribution >= 4 is 10.4 Å². The molecule has 0 aromatic rings. The van der Waals surface area contributed by atoms with Crippen LogP contribution in [-0.4, -0.2) is 39.6 Å². The summed E-state index contributed by atoms with van der Waals surface area (Å²) in [6.07, 6.45) is 0. The Bertz CT molecular complexity index is 186. The zero-order valence-electron chi connectivity index (χ0n) is 6.73. The lowest BCUT2D eigenvalue weighted by Gasteiger charge is -2.02. The lowest BCUT2D eigenvalue weighted by atomic mass is 10.7. The molecule has 0 spiro atoms. The van der Waals surface area contributed by atoms with Gasteiger partial charge in [0.1, 0.15) is 0 Å². The van der Waals surface area contributed by atoms with Gasteiger partial charge in [0, 0.05) is 6.61 Å². The highest BCUT2D eigenvalue weighted by Crippen LogP contribution is 1.86. The molecule has 0 saturated heterocycles. The van der Waals surface area contributed by atoms with Gasteiger partial charge in [0.05, 0.1) is 13.2 Å². The van der Waals surface area contributed by atoms with Crippen molar-refractivity contribution in [3.8, 4) is 0 Å². The van der Waals surface area contributed by atoms with Crippen LogP contribution in [0.15, 0.2) is 0 Å². The third kappa shape index (κ3) is 9.79. The molecule has 6 nitrogen and oxygen atoms in total. The van der Waals surface area contributed by atoms with E-state index < -0.39 is 17.2 Å². The largest absolute Gasteiger partial charge is 0.399 e. The van der Waals surface area contributed by atoms with E-state index in [1.807, 2.05) is 6.92 Å². The molecule has 0 aromatic carbocycles. The highest BCUT2D eigenvalue weighted by molar-refractivity contribution is 7.80. The van der Waals surface area contributed by atoms with E-state index in [-0.39, 0.29) is 6.61 Å². The molecule has 0 rings (SSSR count).